The Morgan fingerprint density at radius 3 is 2.16 bits per heavy atom. The van der Waals surface area contributed by atoms with Crippen molar-refractivity contribution >= 4 is 24.4 Å². The molecule has 1 amide bonds. The highest BCUT2D eigenvalue weighted by Gasteiger charge is 2.43. The number of carbonyl (C=O) groups excluding carboxylic acids is 1. The molecule has 19 heavy (non-hydrogen) atoms. The van der Waals surface area contributed by atoms with Gasteiger partial charge in [0, 0.05) is 18.7 Å². The van der Waals surface area contributed by atoms with Crippen LogP contribution in [0.15, 0.2) is 12.1 Å². The van der Waals surface area contributed by atoms with Crippen LogP contribution in [0.5, 0.6) is 0 Å². The highest BCUT2D eigenvalue weighted by molar-refractivity contribution is 7.74. The summed E-state index contributed by atoms with van der Waals surface area (Å²) in [5.41, 5.74) is 4.68. The molecular weight excluding hydrogens is 256 g/mol. The van der Waals surface area contributed by atoms with Crippen LogP contribution in [-0.2, 0) is 4.79 Å². The van der Waals surface area contributed by atoms with E-state index in [9.17, 15) is 4.79 Å². The van der Waals surface area contributed by atoms with Crippen LogP contribution in [0, 0.1) is 20.8 Å². The van der Waals surface area contributed by atoms with E-state index in [1.807, 2.05) is 19.0 Å². The molecule has 0 N–H and O–H groups in total. The molecule has 104 valence electrons. The molecule has 0 bridgehead atoms. The van der Waals surface area contributed by atoms with E-state index >= 15 is 0 Å². The first-order chi connectivity index (χ1) is 8.71. The number of thiol groups is 1. The predicted molar refractivity (Wildman–Crippen MR) is 82.5 cm³/mol. The average molecular weight is 279 g/mol. The van der Waals surface area contributed by atoms with E-state index in [1.54, 1.807) is 0 Å². The third kappa shape index (κ3) is 2.65. The lowest BCUT2D eigenvalue weighted by atomic mass is 10.0. The molecule has 0 spiro atoms. The van der Waals surface area contributed by atoms with Crippen molar-refractivity contribution in [3.8, 4) is 0 Å². The number of nitrogens with zero attached hydrogens (tertiary/aromatic N) is 2. The van der Waals surface area contributed by atoms with Crippen LogP contribution in [-0.4, -0.2) is 36.5 Å². The third-order valence-electron chi connectivity index (χ3n) is 3.85. The average Bonchev–Trinajstić information content (AvgIpc) is 2.58. The van der Waals surface area contributed by atoms with Gasteiger partial charge in [-0.3, -0.25) is 8.68 Å². The summed E-state index contributed by atoms with van der Waals surface area (Å²) in [7, 11) is 3.92. The normalized spacial score (nSPS) is 20.2. The van der Waals surface area contributed by atoms with Crippen molar-refractivity contribution in [3.05, 3.63) is 28.8 Å². The van der Waals surface area contributed by atoms with Crippen molar-refractivity contribution in [2.45, 2.75) is 33.2 Å². The zero-order valence-corrected chi connectivity index (χ0v) is 13.3. The number of rotatable bonds is 2. The van der Waals surface area contributed by atoms with Crippen molar-refractivity contribution in [3.63, 3.8) is 0 Å². The second-order valence-corrected chi connectivity index (χ2v) is 7.05. The van der Waals surface area contributed by atoms with E-state index in [2.05, 4.69) is 45.7 Å². The Morgan fingerprint density at radius 2 is 1.74 bits per heavy atom. The minimum Gasteiger partial charge on any atom is -0.306 e. The van der Waals surface area contributed by atoms with Gasteiger partial charge in [-0.2, -0.15) is 0 Å². The summed E-state index contributed by atoms with van der Waals surface area (Å²) in [6.07, 6.45) is 0.863. The second-order valence-electron chi connectivity index (χ2n) is 6.02. The molecule has 1 fully saturated rings. The third-order valence-corrected chi connectivity index (χ3v) is 4.12. The highest BCUT2D eigenvalue weighted by atomic mass is 32.1. The van der Waals surface area contributed by atoms with Gasteiger partial charge in [0.2, 0.25) is 0 Å². The molecule has 3 nitrogen and oxygen atoms in total. The fourth-order valence-corrected chi connectivity index (χ4v) is 3.29. The molecule has 1 atom stereocenters. The van der Waals surface area contributed by atoms with Gasteiger partial charge in [-0.05, 0) is 31.9 Å². The maximum absolute atomic E-state index is 12.6. The first-order valence-electron chi connectivity index (χ1n) is 6.67. The number of quaternary nitrogens is 1. The molecule has 1 saturated heterocycles. The van der Waals surface area contributed by atoms with E-state index in [-0.39, 0.29) is 11.9 Å². The second kappa shape index (κ2) is 4.84. The van der Waals surface area contributed by atoms with Crippen LogP contribution in [0.2, 0.25) is 0 Å². The summed E-state index contributed by atoms with van der Waals surface area (Å²) < 4.78 is 0.402. The highest BCUT2D eigenvalue weighted by Crippen LogP contribution is 2.32. The molecule has 1 unspecified atom stereocenters. The lowest BCUT2D eigenvalue weighted by Crippen LogP contribution is -2.46. The van der Waals surface area contributed by atoms with E-state index in [1.165, 1.54) is 16.7 Å². The molecular formula is C15H23N2OS+. The van der Waals surface area contributed by atoms with Crippen molar-refractivity contribution in [2.75, 3.05) is 25.5 Å². The number of amides is 1. The number of aryl methyl sites for hydroxylation is 3. The van der Waals surface area contributed by atoms with Crippen LogP contribution in [0.1, 0.15) is 23.1 Å². The summed E-state index contributed by atoms with van der Waals surface area (Å²) in [6, 6.07) is 4.23. The summed E-state index contributed by atoms with van der Waals surface area (Å²) in [5.74, 6) is 0.190. The zero-order valence-electron chi connectivity index (χ0n) is 12.4. The smallest absolute Gasteiger partial charge is 0.286 e. The van der Waals surface area contributed by atoms with E-state index in [0.29, 0.717) is 3.89 Å². The standard InChI is InChI=1S/C15H23N2OS/c1-10-8-11(2)14(12(3)9-10)16-7-6-13(15(16)18)17(4,5)19/h8-9,13,19H,6-7H2,1-5H3/q+1. The summed E-state index contributed by atoms with van der Waals surface area (Å²) in [4.78, 5) is 14.5. The van der Waals surface area contributed by atoms with E-state index < -0.39 is 0 Å². The minimum absolute atomic E-state index is 0.0524. The number of carbonyl (C=O) groups is 1. The van der Waals surface area contributed by atoms with Crippen molar-refractivity contribution in [1.82, 2.24) is 0 Å². The minimum atomic E-state index is -0.0524. The molecule has 2 rings (SSSR count). The van der Waals surface area contributed by atoms with Crippen molar-refractivity contribution < 1.29 is 8.68 Å². The van der Waals surface area contributed by atoms with Gasteiger partial charge in [-0.1, -0.05) is 17.7 Å². The topological polar surface area (TPSA) is 20.3 Å². The zero-order chi connectivity index (χ0) is 14.4. The lowest BCUT2D eigenvalue weighted by molar-refractivity contribution is -0.765. The first kappa shape index (κ1) is 14.4. The Balaban J connectivity index is 2.38. The lowest BCUT2D eigenvalue weighted by Gasteiger charge is -2.28. The SMILES string of the molecule is Cc1cc(C)c(N2CCC([N+](C)(C)S)C2=O)c(C)c1. The van der Waals surface area contributed by atoms with Crippen LogP contribution >= 0.6 is 12.8 Å². The number of hydrogen-bond donors (Lipinski definition) is 1. The molecule has 1 aliphatic heterocycles. The molecule has 4 heteroatoms. The van der Waals surface area contributed by atoms with E-state index in [0.717, 1.165) is 18.7 Å². The fraction of sp³-hybridized carbons (Fsp3) is 0.533. The van der Waals surface area contributed by atoms with Gasteiger partial charge in [0.25, 0.3) is 5.91 Å². The molecule has 0 aromatic heterocycles. The van der Waals surface area contributed by atoms with E-state index in [4.69, 9.17) is 0 Å². The number of benzene rings is 1. The quantitative estimate of drug-likeness (QED) is 0.652. The monoisotopic (exact) mass is 279 g/mol. The molecule has 0 radical (unpaired) electrons. The maximum Gasteiger partial charge on any atom is 0.286 e. The number of anilines is 1. The van der Waals surface area contributed by atoms with Gasteiger partial charge >= 0.3 is 0 Å². The van der Waals surface area contributed by atoms with Crippen LogP contribution in [0.25, 0.3) is 0 Å². The number of hydrogen-bond acceptors (Lipinski definition) is 2. The van der Waals surface area contributed by atoms with Gasteiger partial charge in [0.05, 0.1) is 26.9 Å². The molecule has 0 aliphatic carbocycles. The molecule has 1 aliphatic rings. The van der Waals surface area contributed by atoms with Gasteiger partial charge in [-0.25, -0.2) is 0 Å². The largest absolute Gasteiger partial charge is 0.306 e. The summed E-state index contributed by atoms with van der Waals surface area (Å²) in [6.45, 7) is 7.04. The molecule has 1 aromatic rings. The number of likely N-dealkylation sites (N-methyl/N-ethyl adjacent to an activating group) is 1. The fourth-order valence-electron chi connectivity index (χ4n) is 3.07. The Hall–Kier alpha value is -1.00. The Bertz CT molecular complexity index is 496. The summed E-state index contributed by atoms with van der Waals surface area (Å²) >= 11 is 4.52. The molecule has 1 heterocycles. The van der Waals surface area contributed by atoms with Crippen molar-refractivity contribution in [1.29, 1.82) is 0 Å². The van der Waals surface area contributed by atoms with Crippen LogP contribution in [0.3, 0.4) is 0 Å². The summed E-state index contributed by atoms with van der Waals surface area (Å²) in [5, 5.41) is 0. The predicted octanol–water partition coefficient (Wildman–Crippen LogP) is 2.64. The van der Waals surface area contributed by atoms with Crippen LogP contribution in [0.4, 0.5) is 5.69 Å². The van der Waals surface area contributed by atoms with Crippen molar-refractivity contribution in [2.24, 2.45) is 0 Å². The van der Waals surface area contributed by atoms with Gasteiger partial charge in [-0.15, -0.1) is 0 Å². The first-order valence-corrected chi connectivity index (χ1v) is 7.07. The Morgan fingerprint density at radius 1 is 1.21 bits per heavy atom. The van der Waals surface area contributed by atoms with Gasteiger partial charge in [0.15, 0.2) is 6.04 Å². The van der Waals surface area contributed by atoms with Crippen LogP contribution < -0.4 is 4.90 Å². The van der Waals surface area contributed by atoms with Gasteiger partial charge in [0.1, 0.15) is 0 Å². The Labute approximate surface area is 121 Å². The Kier molecular flexibility index (Phi) is 3.67. The van der Waals surface area contributed by atoms with Gasteiger partial charge < -0.3 is 4.90 Å². The maximum atomic E-state index is 12.6. The molecule has 0 saturated carbocycles. The molecule has 1 aromatic carbocycles.